The van der Waals surface area contributed by atoms with Gasteiger partial charge in [-0.2, -0.15) is 0 Å². The predicted octanol–water partition coefficient (Wildman–Crippen LogP) is 4.00. The van der Waals surface area contributed by atoms with Crippen molar-refractivity contribution in [2.45, 2.75) is 6.04 Å². The zero-order chi connectivity index (χ0) is 22.8. The Morgan fingerprint density at radius 2 is 1.79 bits per heavy atom. The number of nitrogens with one attached hydrogen (secondary N) is 1. The third kappa shape index (κ3) is 4.05. The molecule has 7 nitrogen and oxygen atoms in total. The van der Waals surface area contributed by atoms with E-state index in [-0.39, 0.29) is 11.9 Å². The molecule has 0 amide bonds. The molecule has 2 aromatic heterocycles. The molecule has 0 bridgehead atoms. The van der Waals surface area contributed by atoms with Gasteiger partial charge in [-0.05, 0) is 48.0 Å². The van der Waals surface area contributed by atoms with Crippen molar-refractivity contribution in [3.8, 4) is 22.8 Å². The van der Waals surface area contributed by atoms with Crippen molar-refractivity contribution >= 4 is 16.9 Å². The first-order valence-corrected chi connectivity index (χ1v) is 10.7. The normalized spacial score (nSPS) is 16.1. The number of benzene rings is 2. The van der Waals surface area contributed by atoms with Crippen LogP contribution >= 0.6 is 0 Å². The molecule has 33 heavy (non-hydrogen) atoms. The maximum atomic E-state index is 13.5. The number of hydrogen-bond donors (Lipinski definition) is 1. The van der Waals surface area contributed by atoms with Gasteiger partial charge in [0, 0.05) is 25.2 Å². The minimum atomic E-state index is -0.247. The number of halogens is 1. The van der Waals surface area contributed by atoms with Gasteiger partial charge in [0.25, 0.3) is 0 Å². The largest absolute Gasteiger partial charge is 0.493 e. The number of anilines is 1. The first-order valence-electron chi connectivity index (χ1n) is 10.7. The lowest BCUT2D eigenvalue weighted by atomic mass is 10.0. The van der Waals surface area contributed by atoms with Gasteiger partial charge in [-0.25, -0.2) is 19.3 Å². The van der Waals surface area contributed by atoms with E-state index in [2.05, 4.69) is 20.2 Å². The molecule has 2 aromatic carbocycles. The minimum Gasteiger partial charge on any atom is -0.493 e. The summed E-state index contributed by atoms with van der Waals surface area (Å²) in [7, 11) is 3.22. The van der Waals surface area contributed by atoms with E-state index in [4.69, 9.17) is 14.5 Å². The molecule has 0 spiro atoms. The SMILES string of the molecule is COc1ccc(-c2ccc3ncnc(N4CCNCC4c4ccc(F)cc4)c3n2)cc1OC. The number of hydrogen-bond acceptors (Lipinski definition) is 7. The van der Waals surface area contributed by atoms with Crippen molar-refractivity contribution in [1.29, 1.82) is 0 Å². The molecule has 1 unspecified atom stereocenters. The number of rotatable bonds is 5. The summed E-state index contributed by atoms with van der Waals surface area (Å²) in [6, 6.07) is 16.3. The second-order valence-corrected chi connectivity index (χ2v) is 7.80. The second-order valence-electron chi connectivity index (χ2n) is 7.80. The van der Waals surface area contributed by atoms with Gasteiger partial charge < -0.3 is 19.7 Å². The van der Waals surface area contributed by atoms with E-state index >= 15 is 0 Å². The van der Waals surface area contributed by atoms with Crippen molar-refractivity contribution in [2.75, 3.05) is 38.8 Å². The molecule has 0 saturated carbocycles. The molecule has 1 aliphatic rings. The average Bonchev–Trinajstić information content (AvgIpc) is 2.88. The van der Waals surface area contributed by atoms with E-state index in [1.54, 1.807) is 20.5 Å². The topological polar surface area (TPSA) is 72.4 Å². The van der Waals surface area contributed by atoms with Gasteiger partial charge in [0.05, 0.1) is 31.5 Å². The smallest absolute Gasteiger partial charge is 0.161 e. The highest BCUT2D eigenvalue weighted by atomic mass is 19.1. The highest BCUT2D eigenvalue weighted by molar-refractivity contribution is 5.88. The van der Waals surface area contributed by atoms with Gasteiger partial charge in [-0.1, -0.05) is 12.1 Å². The molecule has 0 aliphatic carbocycles. The summed E-state index contributed by atoms with van der Waals surface area (Å²) in [6.07, 6.45) is 1.57. The van der Waals surface area contributed by atoms with E-state index in [9.17, 15) is 4.39 Å². The van der Waals surface area contributed by atoms with Crippen LogP contribution in [0.3, 0.4) is 0 Å². The fourth-order valence-corrected chi connectivity index (χ4v) is 4.23. The maximum absolute atomic E-state index is 13.5. The van der Waals surface area contributed by atoms with Crippen LogP contribution in [0.4, 0.5) is 10.2 Å². The fourth-order valence-electron chi connectivity index (χ4n) is 4.23. The molecule has 0 radical (unpaired) electrons. The number of piperazine rings is 1. The molecule has 5 rings (SSSR count). The van der Waals surface area contributed by atoms with Gasteiger partial charge in [-0.3, -0.25) is 0 Å². The Morgan fingerprint density at radius 3 is 2.58 bits per heavy atom. The van der Waals surface area contributed by atoms with Crippen molar-refractivity contribution in [2.24, 2.45) is 0 Å². The van der Waals surface area contributed by atoms with Gasteiger partial charge >= 0.3 is 0 Å². The molecular weight excluding hydrogens is 421 g/mol. The highest BCUT2D eigenvalue weighted by Gasteiger charge is 2.27. The summed E-state index contributed by atoms with van der Waals surface area (Å²) in [5.41, 5.74) is 4.19. The Kier molecular flexibility index (Phi) is 5.75. The van der Waals surface area contributed by atoms with Crippen molar-refractivity contribution in [3.63, 3.8) is 0 Å². The lowest BCUT2D eigenvalue weighted by Gasteiger charge is -2.37. The zero-order valence-electron chi connectivity index (χ0n) is 18.5. The monoisotopic (exact) mass is 445 g/mol. The first-order chi connectivity index (χ1) is 16.2. The third-order valence-corrected chi connectivity index (χ3v) is 5.91. The van der Waals surface area contributed by atoms with Crippen LogP contribution < -0.4 is 19.7 Å². The Labute approximate surface area is 191 Å². The summed E-state index contributed by atoms with van der Waals surface area (Å²) >= 11 is 0. The molecule has 1 aliphatic heterocycles. The van der Waals surface area contributed by atoms with Crippen molar-refractivity contribution in [1.82, 2.24) is 20.3 Å². The summed E-state index contributed by atoms with van der Waals surface area (Å²) in [5.74, 6) is 1.81. The van der Waals surface area contributed by atoms with E-state index in [0.29, 0.717) is 11.5 Å². The van der Waals surface area contributed by atoms with Crippen molar-refractivity contribution in [3.05, 3.63) is 72.3 Å². The zero-order valence-corrected chi connectivity index (χ0v) is 18.5. The molecule has 8 heteroatoms. The van der Waals surface area contributed by atoms with E-state index in [1.807, 2.05) is 42.5 Å². The number of methoxy groups -OCH3 is 2. The number of nitrogens with zero attached hydrogens (tertiary/aromatic N) is 4. The predicted molar refractivity (Wildman–Crippen MR) is 125 cm³/mol. The van der Waals surface area contributed by atoms with Crippen LogP contribution in [0.25, 0.3) is 22.3 Å². The van der Waals surface area contributed by atoms with Crippen LogP contribution in [0.15, 0.2) is 60.9 Å². The third-order valence-electron chi connectivity index (χ3n) is 5.91. The van der Waals surface area contributed by atoms with Crippen LogP contribution in [-0.2, 0) is 0 Å². The van der Waals surface area contributed by atoms with Gasteiger partial charge in [0.15, 0.2) is 17.3 Å². The Morgan fingerprint density at radius 1 is 0.970 bits per heavy atom. The van der Waals surface area contributed by atoms with E-state index in [0.717, 1.165) is 53.3 Å². The van der Waals surface area contributed by atoms with Crippen LogP contribution in [0, 0.1) is 5.82 Å². The van der Waals surface area contributed by atoms with Crippen molar-refractivity contribution < 1.29 is 13.9 Å². The minimum absolute atomic E-state index is 0.00369. The number of ether oxygens (including phenoxy) is 2. The molecule has 1 atom stereocenters. The standard InChI is InChI=1S/C25H24FN5O2/c1-32-22-10-5-17(13-23(22)33-2)19-8-9-20-24(30-19)25(29-15-28-20)31-12-11-27-14-21(31)16-3-6-18(26)7-4-16/h3-10,13,15,21,27H,11-12,14H2,1-2H3. The first kappa shape index (κ1) is 21.1. The summed E-state index contributed by atoms with van der Waals surface area (Å²) in [6.45, 7) is 2.29. The van der Waals surface area contributed by atoms with Gasteiger partial charge in [-0.15, -0.1) is 0 Å². The Bertz CT molecular complexity index is 1280. The Balaban J connectivity index is 1.59. The molecule has 1 fully saturated rings. The summed E-state index contributed by atoms with van der Waals surface area (Å²) in [4.78, 5) is 16.2. The molecule has 168 valence electrons. The summed E-state index contributed by atoms with van der Waals surface area (Å²) < 4.78 is 24.3. The number of pyridine rings is 1. The average molecular weight is 445 g/mol. The summed E-state index contributed by atoms with van der Waals surface area (Å²) in [5, 5.41) is 3.43. The van der Waals surface area contributed by atoms with E-state index in [1.165, 1.54) is 12.1 Å². The molecule has 4 aromatic rings. The molecule has 3 heterocycles. The number of aromatic nitrogens is 3. The molecular formula is C25H24FN5O2. The van der Waals surface area contributed by atoms with Crippen LogP contribution in [0.2, 0.25) is 0 Å². The quantitative estimate of drug-likeness (QED) is 0.498. The molecule has 1 saturated heterocycles. The van der Waals surface area contributed by atoms with E-state index < -0.39 is 0 Å². The van der Waals surface area contributed by atoms with Crippen LogP contribution in [-0.4, -0.2) is 48.8 Å². The molecule has 1 N–H and O–H groups in total. The van der Waals surface area contributed by atoms with Gasteiger partial charge in [0.1, 0.15) is 17.7 Å². The highest BCUT2D eigenvalue weighted by Crippen LogP contribution is 2.34. The lowest BCUT2D eigenvalue weighted by Crippen LogP contribution is -2.46. The van der Waals surface area contributed by atoms with Crippen LogP contribution in [0.5, 0.6) is 11.5 Å². The maximum Gasteiger partial charge on any atom is 0.161 e. The Hall–Kier alpha value is -3.78. The van der Waals surface area contributed by atoms with Gasteiger partial charge in [0.2, 0.25) is 0 Å². The number of fused-ring (bicyclic) bond motifs is 1. The van der Waals surface area contributed by atoms with Crippen LogP contribution in [0.1, 0.15) is 11.6 Å². The lowest BCUT2D eigenvalue weighted by molar-refractivity contribution is 0.355. The second kappa shape index (κ2) is 8.99. The fraction of sp³-hybridized carbons (Fsp3) is 0.240.